The molecule has 1 aliphatic heterocycles. The lowest BCUT2D eigenvalue weighted by Gasteiger charge is -2.02. The highest BCUT2D eigenvalue weighted by atomic mass is 16.7. The van der Waals surface area contributed by atoms with Crippen LogP contribution in [0.5, 0.6) is 11.5 Å². The van der Waals surface area contributed by atoms with Crippen LogP contribution < -0.4 is 9.47 Å². The number of fused-ring (bicyclic) bond motifs is 1. The summed E-state index contributed by atoms with van der Waals surface area (Å²) in [7, 11) is 0. The lowest BCUT2D eigenvalue weighted by molar-refractivity contribution is -0.137. The highest BCUT2D eigenvalue weighted by Crippen LogP contribution is 2.34. The van der Waals surface area contributed by atoms with Crippen LogP contribution in [0.25, 0.3) is 5.57 Å². The first-order valence-corrected chi connectivity index (χ1v) is 7.20. The minimum Gasteiger partial charge on any atom is -0.463 e. The van der Waals surface area contributed by atoms with Crippen LogP contribution in [0.4, 0.5) is 0 Å². The summed E-state index contributed by atoms with van der Waals surface area (Å²) < 4.78 is 15.5. The Bertz CT molecular complexity index is 638. The number of carbonyl (C=O) groups excluding carboxylic acids is 1. The van der Waals surface area contributed by atoms with Crippen molar-refractivity contribution in [3.05, 3.63) is 53.6 Å². The summed E-state index contributed by atoms with van der Waals surface area (Å²) in [5, 5.41) is 0. The Labute approximate surface area is 130 Å². The SMILES string of the molecule is CCOC(=O)C=C(C)C=CC=C(C)c1ccc2c(c1)OCO2. The normalized spacial score (nSPS) is 14.5. The second-order valence-corrected chi connectivity index (χ2v) is 4.92. The molecule has 1 aromatic carbocycles. The van der Waals surface area contributed by atoms with E-state index in [0.717, 1.165) is 28.2 Å². The van der Waals surface area contributed by atoms with E-state index in [2.05, 4.69) is 0 Å². The van der Waals surface area contributed by atoms with Gasteiger partial charge in [-0.3, -0.25) is 0 Å². The summed E-state index contributed by atoms with van der Waals surface area (Å²) in [6.07, 6.45) is 7.24. The summed E-state index contributed by atoms with van der Waals surface area (Å²) in [6.45, 7) is 6.33. The topological polar surface area (TPSA) is 44.8 Å². The van der Waals surface area contributed by atoms with Crippen molar-refractivity contribution >= 4 is 11.5 Å². The average Bonchev–Trinajstić information content (AvgIpc) is 2.94. The maximum Gasteiger partial charge on any atom is 0.330 e. The van der Waals surface area contributed by atoms with E-state index in [1.54, 1.807) is 6.92 Å². The molecule has 1 aromatic rings. The van der Waals surface area contributed by atoms with Crippen molar-refractivity contribution < 1.29 is 19.0 Å². The van der Waals surface area contributed by atoms with Crippen molar-refractivity contribution in [1.29, 1.82) is 0 Å². The first-order valence-electron chi connectivity index (χ1n) is 7.20. The smallest absolute Gasteiger partial charge is 0.330 e. The van der Waals surface area contributed by atoms with Gasteiger partial charge in [0, 0.05) is 6.08 Å². The van der Waals surface area contributed by atoms with Gasteiger partial charge < -0.3 is 14.2 Å². The van der Waals surface area contributed by atoms with Crippen molar-refractivity contribution in [3.8, 4) is 11.5 Å². The lowest BCUT2D eigenvalue weighted by Crippen LogP contribution is -1.99. The minimum absolute atomic E-state index is 0.277. The third kappa shape index (κ3) is 4.25. The van der Waals surface area contributed by atoms with E-state index in [-0.39, 0.29) is 12.8 Å². The Kier molecular flexibility index (Phi) is 5.42. The molecule has 0 atom stereocenters. The molecule has 4 heteroatoms. The molecule has 0 spiro atoms. The van der Waals surface area contributed by atoms with Crippen molar-refractivity contribution in [1.82, 2.24) is 0 Å². The zero-order valence-corrected chi connectivity index (χ0v) is 13.1. The maximum atomic E-state index is 11.3. The number of esters is 1. The Morgan fingerprint density at radius 2 is 2.05 bits per heavy atom. The Balaban J connectivity index is 2.03. The molecule has 0 aromatic heterocycles. The summed E-state index contributed by atoms with van der Waals surface area (Å²) in [6, 6.07) is 5.86. The van der Waals surface area contributed by atoms with Crippen molar-refractivity contribution in [3.63, 3.8) is 0 Å². The lowest BCUT2D eigenvalue weighted by atomic mass is 10.1. The molecule has 116 valence electrons. The van der Waals surface area contributed by atoms with E-state index in [1.807, 2.05) is 50.3 Å². The number of hydrogen-bond donors (Lipinski definition) is 0. The molecular weight excluding hydrogens is 280 g/mol. The third-order valence-corrected chi connectivity index (χ3v) is 3.17. The Morgan fingerprint density at radius 1 is 1.27 bits per heavy atom. The maximum absolute atomic E-state index is 11.3. The van der Waals surface area contributed by atoms with Gasteiger partial charge in [0.15, 0.2) is 11.5 Å². The Morgan fingerprint density at radius 3 is 2.82 bits per heavy atom. The fourth-order valence-electron chi connectivity index (χ4n) is 2.00. The number of hydrogen-bond acceptors (Lipinski definition) is 4. The van der Waals surface area contributed by atoms with E-state index in [1.165, 1.54) is 6.08 Å². The summed E-state index contributed by atoms with van der Waals surface area (Å²) >= 11 is 0. The molecule has 0 aliphatic carbocycles. The summed E-state index contributed by atoms with van der Waals surface area (Å²) in [5.74, 6) is 1.23. The van der Waals surface area contributed by atoms with Gasteiger partial charge in [-0.15, -0.1) is 0 Å². The molecule has 0 fully saturated rings. The quantitative estimate of drug-likeness (QED) is 0.470. The van der Waals surface area contributed by atoms with Crippen LogP contribution in [-0.2, 0) is 9.53 Å². The molecule has 0 unspecified atom stereocenters. The van der Waals surface area contributed by atoms with Gasteiger partial charge in [0.1, 0.15) is 0 Å². The van der Waals surface area contributed by atoms with E-state index >= 15 is 0 Å². The van der Waals surface area contributed by atoms with Crippen LogP contribution in [0, 0.1) is 0 Å². The molecule has 1 aliphatic rings. The fraction of sp³-hybridized carbons (Fsp3) is 0.278. The van der Waals surface area contributed by atoms with Gasteiger partial charge in [0.05, 0.1) is 6.61 Å². The minimum atomic E-state index is -0.318. The zero-order valence-electron chi connectivity index (χ0n) is 13.1. The molecule has 0 saturated heterocycles. The molecule has 0 bridgehead atoms. The van der Waals surface area contributed by atoms with Crippen LogP contribution in [0.2, 0.25) is 0 Å². The highest BCUT2D eigenvalue weighted by Gasteiger charge is 2.13. The molecule has 2 rings (SSSR count). The van der Waals surface area contributed by atoms with Crippen molar-refractivity contribution in [2.75, 3.05) is 13.4 Å². The van der Waals surface area contributed by atoms with Gasteiger partial charge in [-0.05, 0) is 49.6 Å². The number of benzene rings is 1. The zero-order chi connectivity index (χ0) is 15.9. The van der Waals surface area contributed by atoms with Crippen LogP contribution >= 0.6 is 0 Å². The van der Waals surface area contributed by atoms with Gasteiger partial charge in [0.25, 0.3) is 0 Å². The van der Waals surface area contributed by atoms with E-state index in [4.69, 9.17) is 14.2 Å². The van der Waals surface area contributed by atoms with Gasteiger partial charge in [-0.1, -0.05) is 24.3 Å². The average molecular weight is 300 g/mol. The molecule has 0 radical (unpaired) electrons. The second-order valence-electron chi connectivity index (χ2n) is 4.92. The van der Waals surface area contributed by atoms with E-state index in [9.17, 15) is 4.79 Å². The van der Waals surface area contributed by atoms with Gasteiger partial charge in [0.2, 0.25) is 6.79 Å². The van der Waals surface area contributed by atoms with Gasteiger partial charge in [-0.25, -0.2) is 4.79 Å². The van der Waals surface area contributed by atoms with Crippen LogP contribution in [-0.4, -0.2) is 19.4 Å². The number of allylic oxidation sites excluding steroid dienone is 5. The summed E-state index contributed by atoms with van der Waals surface area (Å²) in [4.78, 5) is 11.3. The molecule has 0 saturated carbocycles. The number of carbonyl (C=O) groups is 1. The van der Waals surface area contributed by atoms with Crippen LogP contribution in [0.15, 0.2) is 48.1 Å². The second kappa shape index (κ2) is 7.50. The number of rotatable bonds is 5. The molecule has 1 heterocycles. The van der Waals surface area contributed by atoms with Crippen molar-refractivity contribution in [2.45, 2.75) is 20.8 Å². The highest BCUT2D eigenvalue weighted by molar-refractivity contribution is 5.83. The predicted molar refractivity (Wildman–Crippen MR) is 85.7 cm³/mol. The van der Waals surface area contributed by atoms with E-state index < -0.39 is 0 Å². The van der Waals surface area contributed by atoms with Gasteiger partial charge in [-0.2, -0.15) is 0 Å². The standard InChI is InChI=1S/C18H20O4/c1-4-20-18(19)10-13(2)6-5-7-14(3)15-8-9-16-17(11-15)22-12-21-16/h5-11H,4,12H2,1-3H3. The fourth-order valence-corrected chi connectivity index (χ4v) is 2.00. The predicted octanol–water partition coefficient (Wildman–Crippen LogP) is 3.88. The molecule has 4 nitrogen and oxygen atoms in total. The van der Waals surface area contributed by atoms with Crippen molar-refractivity contribution in [2.24, 2.45) is 0 Å². The molecule has 22 heavy (non-hydrogen) atoms. The monoisotopic (exact) mass is 300 g/mol. The number of ether oxygens (including phenoxy) is 3. The third-order valence-electron chi connectivity index (χ3n) is 3.17. The molecular formula is C18H20O4. The van der Waals surface area contributed by atoms with Crippen LogP contribution in [0.1, 0.15) is 26.3 Å². The van der Waals surface area contributed by atoms with Crippen LogP contribution in [0.3, 0.4) is 0 Å². The first-order chi connectivity index (χ1) is 10.6. The molecule has 0 N–H and O–H groups in total. The Hall–Kier alpha value is -2.49. The summed E-state index contributed by atoms with van der Waals surface area (Å²) in [5.41, 5.74) is 3.01. The first kappa shape index (κ1) is 15.9. The molecule has 0 amide bonds. The van der Waals surface area contributed by atoms with Gasteiger partial charge >= 0.3 is 5.97 Å². The van der Waals surface area contributed by atoms with E-state index in [0.29, 0.717) is 6.61 Å². The largest absolute Gasteiger partial charge is 0.463 e.